The molecule has 0 spiro atoms. The molecule has 0 aliphatic carbocycles. The van der Waals surface area contributed by atoms with Crippen LogP contribution in [0.3, 0.4) is 0 Å². The van der Waals surface area contributed by atoms with Crippen molar-refractivity contribution >= 4 is 5.91 Å². The normalized spacial score (nSPS) is 14.9. The first kappa shape index (κ1) is 23.0. The van der Waals surface area contributed by atoms with Gasteiger partial charge >= 0.3 is 6.55 Å². The second kappa shape index (κ2) is 10.1. The molecule has 1 aliphatic rings. The van der Waals surface area contributed by atoms with Gasteiger partial charge in [0, 0.05) is 30.4 Å². The van der Waals surface area contributed by atoms with E-state index in [0.29, 0.717) is 40.6 Å². The monoisotopic (exact) mass is 435 g/mol. The molecular weight excluding hydrogens is 404 g/mol. The number of nitrogens with zero attached hydrogens (tertiary/aromatic N) is 3. The summed E-state index contributed by atoms with van der Waals surface area (Å²) in [7, 11) is 3.29. The maximum absolute atomic E-state index is 13.0. The van der Waals surface area contributed by atoms with Crippen LogP contribution >= 0.6 is 0 Å². The summed E-state index contributed by atoms with van der Waals surface area (Å²) in [4.78, 5) is 14.6. The summed E-state index contributed by atoms with van der Waals surface area (Å²) in [5, 5.41) is 3.88. The minimum atomic E-state index is -2.69. The van der Waals surface area contributed by atoms with E-state index in [1.165, 1.54) is 5.56 Å². The number of piperidine rings is 1. The first-order valence-corrected chi connectivity index (χ1v) is 10.6. The number of hydrogen-bond acceptors (Lipinski definition) is 4. The second-order valence-electron chi connectivity index (χ2n) is 8.13. The molecule has 2 heterocycles. The van der Waals surface area contributed by atoms with Crippen LogP contribution in [-0.4, -0.2) is 47.9 Å². The van der Waals surface area contributed by atoms with E-state index in [2.05, 4.69) is 5.10 Å². The molecule has 170 valence electrons. The lowest BCUT2D eigenvalue weighted by atomic mass is 9.90. The minimum Gasteiger partial charge on any atom is -0.497 e. The number of carbonyl (C=O) groups excluding carboxylic acids is 1. The number of aromatic nitrogens is 2. The van der Waals surface area contributed by atoms with Gasteiger partial charge in [-0.3, -0.25) is 4.79 Å². The molecule has 1 fully saturated rings. The van der Waals surface area contributed by atoms with Crippen molar-refractivity contribution in [1.82, 2.24) is 14.7 Å². The van der Waals surface area contributed by atoms with Crippen LogP contribution in [0, 0.1) is 19.8 Å². The van der Waals surface area contributed by atoms with Crippen molar-refractivity contribution in [2.45, 2.75) is 52.5 Å². The molecule has 31 heavy (non-hydrogen) atoms. The van der Waals surface area contributed by atoms with Gasteiger partial charge in [-0.25, -0.2) is 4.68 Å². The van der Waals surface area contributed by atoms with E-state index < -0.39 is 6.55 Å². The van der Waals surface area contributed by atoms with Crippen molar-refractivity contribution in [2.24, 2.45) is 5.92 Å². The van der Waals surface area contributed by atoms with Gasteiger partial charge in [0.05, 0.1) is 26.3 Å². The molecule has 8 heteroatoms. The average molecular weight is 436 g/mol. The summed E-state index contributed by atoms with van der Waals surface area (Å²) in [5.41, 5.74) is 2.65. The fourth-order valence-corrected chi connectivity index (χ4v) is 4.26. The summed E-state index contributed by atoms with van der Waals surface area (Å²) in [6.45, 7) is 1.98. The topological polar surface area (TPSA) is 56.6 Å². The highest BCUT2D eigenvalue weighted by molar-refractivity contribution is 5.79. The van der Waals surface area contributed by atoms with Crippen molar-refractivity contribution in [1.29, 1.82) is 0 Å². The van der Waals surface area contributed by atoms with Gasteiger partial charge in [0.15, 0.2) is 0 Å². The van der Waals surface area contributed by atoms with Gasteiger partial charge in [0.1, 0.15) is 11.5 Å². The van der Waals surface area contributed by atoms with Crippen LogP contribution in [0.1, 0.15) is 48.3 Å². The molecule has 2 aromatic rings. The van der Waals surface area contributed by atoms with Gasteiger partial charge in [0.2, 0.25) is 5.91 Å². The third-order valence-electron chi connectivity index (χ3n) is 6.21. The number of carbonyl (C=O) groups is 1. The summed E-state index contributed by atoms with van der Waals surface area (Å²) in [6, 6.07) is 5.93. The van der Waals surface area contributed by atoms with Crippen LogP contribution in [0.2, 0.25) is 0 Å². The van der Waals surface area contributed by atoms with Gasteiger partial charge < -0.3 is 14.4 Å². The molecule has 1 aliphatic heterocycles. The maximum atomic E-state index is 13.0. The lowest BCUT2D eigenvalue weighted by Gasteiger charge is -2.32. The third-order valence-corrected chi connectivity index (χ3v) is 6.21. The van der Waals surface area contributed by atoms with E-state index in [4.69, 9.17) is 9.47 Å². The Kier molecular flexibility index (Phi) is 7.51. The number of rotatable bonds is 8. The number of aryl methyl sites for hydroxylation is 2. The summed E-state index contributed by atoms with van der Waals surface area (Å²) in [5.74, 6) is 2.10. The average Bonchev–Trinajstić information content (AvgIpc) is 3.06. The van der Waals surface area contributed by atoms with Crippen LogP contribution < -0.4 is 9.47 Å². The molecule has 6 nitrogen and oxygen atoms in total. The predicted octanol–water partition coefficient (Wildman–Crippen LogP) is 4.33. The van der Waals surface area contributed by atoms with Gasteiger partial charge in [0.25, 0.3) is 0 Å². The first-order valence-electron chi connectivity index (χ1n) is 10.6. The van der Waals surface area contributed by atoms with Crippen LogP contribution in [0.4, 0.5) is 8.78 Å². The Morgan fingerprint density at radius 3 is 2.26 bits per heavy atom. The zero-order chi connectivity index (χ0) is 22.5. The van der Waals surface area contributed by atoms with E-state index in [9.17, 15) is 13.6 Å². The standard InChI is InChI=1S/C23H31F2N3O3/c1-15-21(16(2)28(26-15)23(24)25)14-22(29)27-9-7-17(8-10-27)5-6-18-11-19(30-3)13-20(12-18)31-4/h11-13,17,23H,5-10,14H2,1-4H3. The van der Waals surface area contributed by atoms with E-state index in [0.717, 1.165) is 37.2 Å². The molecule has 1 saturated heterocycles. The summed E-state index contributed by atoms with van der Waals surface area (Å²) >= 11 is 0. The second-order valence-corrected chi connectivity index (χ2v) is 8.13. The van der Waals surface area contributed by atoms with Crippen LogP contribution in [0.15, 0.2) is 18.2 Å². The molecule has 0 bridgehead atoms. The van der Waals surface area contributed by atoms with Gasteiger partial charge in [-0.15, -0.1) is 0 Å². The van der Waals surface area contributed by atoms with Crippen LogP contribution in [-0.2, 0) is 17.6 Å². The fraction of sp³-hybridized carbons (Fsp3) is 0.565. The Balaban J connectivity index is 1.51. The van der Waals surface area contributed by atoms with Gasteiger partial charge in [-0.2, -0.15) is 13.9 Å². The molecule has 0 unspecified atom stereocenters. The highest BCUT2D eigenvalue weighted by Gasteiger charge is 2.25. The third kappa shape index (κ3) is 5.54. The zero-order valence-corrected chi connectivity index (χ0v) is 18.7. The number of halogens is 2. The molecular formula is C23H31F2N3O3. The smallest absolute Gasteiger partial charge is 0.333 e. The first-order chi connectivity index (χ1) is 14.8. The Hall–Kier alpha value is -2.64. The highest BCUT2D eigenvalue weighted by atomic mass is 19.3. The highest BCUT2D eigenvalue weighted by Crippen LogP contribution is 2.27. The predicted molar refractivity (Wildman–Crippen MR) is 114 cm³/mol. The Morgan fingerprint density at radius 1 is 1.13 bits per heavy atom. The number of methoxy groups -OCH3 is 2. The maximum Gasteiger partial charge on any atom is 0.333 e. The van der Waals surface area contributed by atoms with Gasteiger partial charge in [-0.05, 0) is 63.1 Å². The Labute approximate surface area is 182 Å². The number of ether oxygens (including phenoxy) is 2. The molecule has 0 N–H and O–H groups in total. The van der Waals surface area contributed by atoms with E-state index in [1.807, 2.05) is 23.1 Å². The number of alkyl halides is 2. The van der Waals surface area contributed by atoms with Crippen LogP contribution in [0.5, 0.6) is 11.5 Å². The zero-order valence-electron chi connectivity index (χ0n) is 18.7. The summed E-state index contributed by atoms with van der Waals surface area (Å²) < 4.78 is 37.4. The quantitative estimate of drug-likeness (QED) is 0.620. The molecule has 0 radical (unpaired) electrons. The van der Waals surface area contributed by atoms with Crippen molar-refractivity contribution in [3.8, 4) is 11.5 Å². The Morgan fingerprint density at radius 2 is 1.74 bits per heavy atom. The fourth-order valence-electron chi connectivity index (χ4n) is 4.26. The molecule has 0 atom stereocenters. The van der Waals surface area contributed by atoms with Crippen molar-refractivity contribution < 1.29 is 23.0 Å². The molecule has 1 amide bonds. The Bertz CT molecular complexity index is 883. The summed E-state index contributed by atoms with van der Waals surface area (Å²) in [6.07, 6.45) is 3.98. The number of likely N-dealkylation sites (tertiary alicyclic amines) is 1. The van der Waals surface area contributed by atoms with Gasteiger partial charge in [-0.1, -0.05) is 0 Å². The molecule has 0 saturated carbocycles. The molecule has 3 rings (SSSR count). The SMILES string of the molecule is COc1cc(CCC2CCN(C(=O)Cc3c(C)nn(C(F)F)c3C)CC2)cc(OC)c1. The number of hydrogen-bond donors (Lipinski definition) is 0. The van der Waals surface area contributed by atoms with Crippen molar-refractivity contribution in [3.05, 3.63) is 40.7 Å². The van der Waals surface area contributed by atoms with E-state index in [1.54, 1.807) is 28.1 Å². The molecule has 1 aromatic heterocycles. The largest absolute Gasteiger partial charge is 0.497 e. The minimum absolute atomic E-state index is 0.0176. The molecule has 1 aromatic carbocycles. The van der Waals surface area contributed by atoms with Crippen LogP contribution in [0.25, 0.3) is 0 Å². The van der Waals surface area contributed by atoms with E-state index in [-0.39, 0.29) is 12.3 Å². The van der Waals surface area contributed by atoms with Crippen molar-refractivity contribution in [3.63, 3.8) is 0 Å². The number of benzene rings is 1. The van der Waals surface area contributed by atoms with E-state index >= 15 is 0 Å². The lowest BCUT2D eigenvalue weighted by molar-refractivity contribution is -0.131. The van der Waals surface area contributed by atoms with Crippen molar-refractivity contribution in [2.75, 3.05) is 27.3 Å². The number of amides is 1. The lowest BCUT2D eigenvalue weighted by Crippen LogP contribution is -2.39.